The molecule has 5 nitrogen and oxygen atoms in total. The van der Waals surface area contributed by atoms with Crippen LogP contribution < -0.4 is 10.5 Å². The summed E-state index contributed by atoms with van der Waals surface area (Å²) in [6.45, 7) is 0.246. The van der Waals surface area contributed by atoms with E-state index in [-0.39, 0.29) is 25.6 Å². The maximum atomic E-state index is 11.1. The second-order valence-corrected chi connectivity index (χ2v) is 3.55. The number of carbonyl (C=O) groups is 1. The highest BCUT2D eigenvalue weighted by Crippen LogP contribution is 2.13. The molecule has 1 aromatic carbocycles. The number of carbonyl (C=O) groups excluding carboxylic acids is 1. The van der Waals surface area contributed by atoms with E-state index in [1.807, 2.05) is 12.1 Å². The average molecular weight is 276 g/mol. The molecule has 0 aliphatic rings. The summed E-state index contributed by atoms with van der Waals surface area (Å²) < 4.78 is 9.76. The van der Waals surface area contributed by atoms with Gasteiger partial charge in [0.05, 0.1) is 13.7 Å². The number of esters is 1. The van der Waals surface area contributed by atoms with E-state index < -0.39 is 12.0 Å². The standard InChI is InChI=1S/C12H17NO4.ClH/c1-16-12(15)11(13)8-9-2-4-10(5-3-9)17-7-6-14;/h2-5,11,14H,6-8,13H2,1H3;1H/t11-;/m0./s1. The molecule has 3 N–H and O–H groups in total. The summed E-state index contributed by atoms with van der Waals surface area (Å²) >= 11 is 0. The fraction of sp³-hybridized carbons (Fsp3) is 0.417. The van der Waals surface area contributed by atoms with Gasteiger partial charge in [-0.05, 0) is 24.1 Å². The third-order valence-electron chi connectivity index (χ3n) is 2.24. The van der Waals surface area contributed by atoms with E-state index in [0.717, 1.165) is 5.56 Å². The predicted molar refractivity (Wildman–Crippen MR) is 70.0 cm³/mol. The molecule has 1 atom stereocenters. The number of methoxy groups -OCH3 is 1. The Morgan fingerprint density at radius 2 is 2.00 bits per heavy atom. The minimum absolute atomic E-state index is 0. The number of halogens is 1. The summed E-state index contributed by atoms with van der Waals surface area (Å²) in [6.07, 6.45) is 0.424. The van der Waals surface area contributed by atoms with E-state index in [1.165, 1.54) is 7.11 Å². The van der Waals surface area contributed by atoms with Gasteiger partial charge in [-0.25, -0.2) is 0 Å². The molecule has 0 saturated heterocycles. The molecule has 0 spiro atoms. The SMILES string of the molecule is COC(=O)[C@@H](N)Cc1ccc(OCCO)cc1.Cl. The van der Waals surface area contributed by atoms with Crippen LogP contribution in [0.15, 0.2) is 24.3 Å². The van der Waals surface area contributed by atoms with E-state index in [4.69, 9.17) is 15.6 Å². The van der Waals surface area contributed by atoms with Crippen molar-refractivity contribution in [3.8, 4) is 5.75 Å². The lowest BCUT2D eigenvalue weighted by atomic mass is 10.1. The van der Waals surface area contributed by atoms with Gasteiger partial charge >= 0.3 is 5.97 Å². The molecule has 0 heterocycles. The lowest BCUT2D eigenvalue weighted by molar-refractivity contribution is -0.142. The Morgan fingerprint density at radius 3 is 2.50 bits per heavy atom. The molecule has 0 aliphatic heterocycles. The zero-order valence-corrected chi connectivity index (χ0v) is 11.0. The van der Waals surface area contributed by atoms with Crippen LogP contribution in [0.2, 0.25) is 0 Å². The molecule has 0 aromatic heterocycles. The topological polar surface area (TPSA) is 81.8 Å². The van der Waals surface area contributed by atoms with E-state index >= 15 is 0 Å². The summed E-state index contributed by atoms with van der Waals surface area (Å²) in [7, 11) is 1.31. The van der Waals surface area contributed by atoms with Gasteiger partial charge in [0.25, 0.3) is 0 Å². The van der Waals surface area contributed by atoms with Crippen molar-refractivity contribution in [3.63, 3.8) is 0 Å². The van der Waals surface area contributed by atoms with Crippen LogP contribution in [-0.2, 0) is 16.0 Å². The largest absolute Gasteiger partial charge is 0.491 e. The highest BCUT2D eigenvalue weighted by molar-refractivity contribution is 5.85. The Balaban J connectivity index is 0.00000289. The average Bonchev–Trinajstić information content (AvgIpc) is 2.37. The zero-order valence-electron chi connectivity index (χ0n) is 10.2. The monoisotopic (exact) mass is 275 g/mol. The molecule has 0 amide bonds. The first-order valence-corrected chi connectivity index (χ1v) is 5.33. The summed E-state index contributed by atoms with van der Waals surface area (Å²) in [5.74, 6) is 0.250. The number of aliphatic hydroxyl groups is 1. The van der Waals surface area contributed by atoms with Crippen molar-refractivity contribution in [1.82, 2.24) is 0 Å². The minimum atomic E-state index is -0.649. The van der Waals surface area contributed by atoms with Crippen molar-refractivity contribution in [2.45, 2.75) is 12.5 Å². The van der Waals surface area contributed by atoms with Crippen molar-refractivity contribution in [2.75, 3.05) is 20.3 Å². The Kier molecular flexibility index (Phi) is 8.11. The van der Waals surface area contributed by atoms with Gasteiger partial charge in [0.15, 0.2) is 0 Å². The summed E-state index contributed by atoms with van der Waals surface area (Å²) in [6, 6.07) is 6.55. The minimum Gasteiger partial charge on any atom is -0.491 e. The van der Waals surface area contributed by atoms with E-state index in [2.05, 4.69) is 4.74 Å². The van der Waals surface area contributed by atoms with Gasteiger partial charge in [-0.1, -0.05) is 12.1 Å². The Hall–Kier alpha value is -1.30. The molecule has 0 unspecified atom stereocenters. The molecule has 1 rings (SSSR count). The van der Waals surface area contributed by atoms with Crippen molar-refractivity contribution >= 4 is 18.4 Å². The van der Waals surface area contributed by atoms with E-state index in [0.29, 0.717) is 12.2 Å². The molecule has 6 heteroatoms. The lowest BCUT2D eigenvalue weighted by Gasteiger charge is -2.10. The molecule has 102 valence electrons. The van der Waals surface area contributed by atoms with Gasteiger partial charge in [0.1, 0.15) is 18.4 Å². The molecule has 0 bridgehead atoms. The smallest absolute Gasteiger partial charge is 0.322 e. The van der Waals surface area contributed by atoms with Crippen molar-refractivity contribution in [3.05, 3.63) is 29.8 Å². The van der Waals surface area contributed by atoms with Gasteiger partial charge in [-0.15, -0.1) is 12.4 Å². The highest BCUT2D eigenvalue weighted by Gasteiger charge is 2.13. The van der Waals surface area contributed by atoms with E-state index in [9.17, 15) is 4.79 Å². The summed E-state index contributed by atoms with van der Waals surface area (Å²) in [5, 5.41) is 8.60. The van der Waals surface area contributed by atoms with Gasteiger partial charge < -0.3 is 20.3 Å². The number of benzene rings is 1. The quantitative estimate of drug-likeness (QED) is 0.740. The Labute approximate surface area is 112 Å². The van der Waals surface area contributed by atoms with E-state index in [1.54, 1.807) is 12.1 Å². The van der Waals surface area contributed by atoms with Crippen LogP contribution in [0.4, 0.5) is 0 Å². The maximum Gasteiger partial charge on any atom is 0.322 e. The van der Waals surface area contributed by atoms with Gasteiger partial charge in [0, 0.05) is 0 Å². The fourth-order valence-corrected chi connectivity index (χ4v) is 1.37. The number of hydrogen-bond acceptors (Lipinski definition) is 5. The highest BCUT2D eigenvalue weighted by atomic mass is 35.5. The number of nitrogens with two attached hydrogens (primary N) is 1. The first-order valence-electron chi connectivity index (χ1n) is 5.33. The first kappa shape index (κ1) is 16.7. The Bertz CT molecular complexity index is 356. The van der Waals surface area contributed by atoms with Gasteiger partial charge in [0.2, 0.25) is 0 Å². The lowest BCUT2D eigenvalue weighted by Crippen LogP contribution is -2.33. The van der Waals surface area contributed by atoms with Crippen LogP contribution in [-0.4, -0.2) is 37.4 Å². The first-order chi connectivity index (χ1) is 8.17. The molecule has 0 fully saturated rings. The number of hydrogen-bond donors (Lipinski definition) is 2. The third-order valence-corrected chi connectivity index (χ3v) is 2.24. The van der Waals surface area contributed by atoms with Crippen LogP contribution in [0.5, 0.6) is 5.75 Å². The molecule has 1 aromatic rings. The van der Waals surface area contributed by atoms with Gasteiger partial charge in [-0.2, -0.15) is 0 Å². The fourth-order valence-electron chi connectivity index (χ4n) is 1.37. The molecule has 0 radical (unpaired) electrons. The van der Waals surface area contributed by atoms with Crippen LogP contribution in [0.1, 0.15) is 5.56 Å². The predicted octanol–water partition coefficient (Wildman–Crippen LogP) is 0.522. The zero-order chi connectivity index (χ0) is 12.7. The van der Waals surface area contributed by atoms with Crippen LogP contribution in [0.25, 0.3) is 0 Å². The number of aliphatic hydroxyl groups excluding tert-OH is 1. The molecular weight excluding hydrogens is 258 g/mol. The molecule has 0 aliphatic carbocycles. The van der Waals surface area contributed by atoms with Gasteiger partial charge in [-0.3, -0.25) is 4.79 Å². The summed E-state index contributed by atoms with van der Waals surface area (Å²) in [5.41, 5.74) is 6.57. The molecular formula is C12H18ClNO4. The normalized spacial score (nSPS) is 11.3. The molecule has 18 heavy (non-hydrogen) atoms. The number of rotatable bonds is 6. The summed E-state index contributed by atoms with van der Waals surface area (Å²) in [4.78, 5) is 11.1. The Morgan fingerprint density at radius 1 is 1.39 bits per heavy atom. The van der Waals surface area contributed by atoms with Crippen molar-refractivity contribution in [1.29, 1.82) is 0 Å². The maximum absolute atomic E-state index is 11.1. The second kappa shape index (κ2) is 8.74. The molecule has 0 saturated carbocycles. The van der Waals surface area contributed by atoms with Crippen LogP contribution in [0.3, 0.4) is 0 Å². The third kappa shape index (κ3) is 5.35. The van der Waals surface area contributed by atoms with Crippen LogP contribution >= 0.6 is 12.4 Å². The van der Waals surface area contributed by atoms with Crippen LogP contribution in [0, 0.1) is 0 Å². The second-order valence-electron chi connectivity index (χ2n) is 3.55. The van der Waals surface area contributed by atoms with Crippen molar-refractivity contribution < 1.29 is 19.4 Å². The van der Waals surface area contributed by atoms with Crippen molar-refractivity contribution in [2.24, 2.45) is 5.73 Å². The number of ether oxygens (including phenoxy) is 2.